The Kier molecular flexibility index (Phi) is 4.50. The van der Waals surface area contributed by atoms with Gasteiger partial charge in [0.2, 0.25) is 0 Å². The number of rotatable bonds is 6. The minimum absolute atomic E-state index is 0.343. The SMILES string of the molecule is COC[C@@H](O)Cc1cn(CC2CCCC2)nn1. The Labute approximate surface area is 102 Å². The van der Waals surface area contributed by atoms with Gasteiger partial charge >= 0.3 is 0 Å². The van der Waals surface area contributed by atoms with Gasteiger partial charge in [0.05, 0.1) is 18.4 Å². The molecule has 0 unspecified atom stereocenters. The summed E-state index contributed by atoms with van der Waals surface area (Å²) in [7, 11) is 1.58. The number of ether oxygens (including phenoxy) is 1. The highest BCUT2D eigenvalue weighted by Crippen LogP contribution is 2.25. The molecule has 1 saturated carbocycles. The van der Waals surface area contributed by atoms with Gasteiger partial charge in [-0.1, -0.05) is 18.1 Å². The van der Waals surface area contributed by atoms with Gasteiger partial charge in [-0.05, 0) is 18.8 Å². The number of methoxy groups -OCH3 is 1. The lowest BCUT2D eigenvalue weighted by molar-refractivity contribution is 0.0644. The van der Waals surface area contributed by atoms with Gasteiger partial charge in [-0.2, -0.15) is 0 Å². The molecule has 1 aromatic heterocycles. The van der Waals surface area contributed by atoms with Crippen LogP contribution in [0.3, 0.4) is 0 Å². The Balaban J connectivity index is 1.82. The van der Waals surface area contributed by atoms with Gasteiger partial charge in [0.25, 0.3) is 0 Å². The molecule has 0 bridgehead atoms. The maximum atomic E-state index is 9.59. The molecule has 0 amide bonds. The van der Waals surface area contributed by atoms with Crippen molar-refractivity contribution in [3.63, 3.8) is 0 Å². The van der Waals surface area contributed by atoms with Crippen LogP contribution in [0.2, 0.25) is 0 Å². The van der Waals surface area contributed by atoms with E-state index in [9.17, 15) is 5.11 Å². The molecule has 1 aliphatic carbocycles. The van der Waals surface area contributed by atoms with Crippen molar-refractivity contribution in [1.82, 2.24) is 15.0 Å². The van der Waals surface area contributed by atoms with E-state index in [-0.39, 0.29) is 0 Å². The van der Waals surface area contributed by atoms with Crippen molar-refractivity contribution < 1.29 is 9.84 Å². The molecular weight excluding hydrogens is 218 g/mol. The Morgan fingerprint density at radius 1 is 1.53 bits per heavy atom. The first-order chi connectivity index (χ1) is 8.28. The van der Waals surface area contributed by atoms with Gasteiger partial charge in [0.15, 0.2) is 0 Å². The second-order valence-corrected chi connectivity index (χ2v) is 4.90. The van der Waals surface area contributed by atoms with Crippen molar-refractivity contribution in [3.8, 4) is 0 Å². The van der Waals surface area contributed by atoms with E-state index >= 15 is 0 Å². The molecule has 0 radical (unpaired) electrons. The second kappa shape index (κ2) is 6.12. The van der Waals surface area contributed by atoms with Gasteiger partial charge in [0, 0.05) is 26.3 Å². The summed E-state index contributed by atoms with van der Waals surface area (Å²) < 4.78 is 6.79. The highest BCUT2D eigenvalue weighted by atomic mass is 16.5. The number of hydrogen-bond donors (Lipinski definition) is 1. The van der Waals surface area contributed by atoms with Crippen LogP contribution in [0.1, 0.15) is 31.4 Å². The Bertz CT molecular complexity index is 334. The van der Waals surface area contributed by atoms with Gasteiger partial charge < -0.3 is 9.84 Å². The van der Waals surface area contributed by atoms with Gasteiger partial charge in [-0.15, -0.1) is 5.10 Å². The van der Waals surface area contributed by atoms with Gasteiger partial charge in [-0.3, -0.25) is 4.68 Å². The smallest absolute Gasteiger partial charge is 0.0853 e. The number of aromatic nitrogens is 3. The molecule has 1 atom stereocenters. The third-order valence-corrected chi connectivity index (χ3v) is 3.31. The monoisotopic (exact) mass is 239 g/mol. The maximum absolute atomic E-state index is 9.59. The normalized spacial score (nSPS) is 18.7. The van der Waals surface area contributed by atoms with Crippen LogP contribution in [0.4, 0.5) is 0 Å². The molecular formula is C12H21N3O2. The van der Waals surface area contributed by atoms with Crippen LogP contribution >= 0.6 is 0 Å². The Morgan fingerprint density at radius 3 is 3.00 bits per heavy atom. The fourth-order valence-corrected chi connectivity index (χ4v) is 2.47. The molecule has 5 heteroatoms. The van der Waals surface area contributed by atoms with Crippen LogP contribution in [0.5, 0.6) is 0 Å². The zero-order valence-electron chi connectivity index (χ0n) is 10.4. The van der Waals surface area contributed by atoms with Crippen molar-refractivity contribution in [2.24, 2.45) is 5.92 Å². The molecule has 0 aliphatic heterocycles. The van der Waals surface area contributed by atoms with E-state index in [4.69, 9.17) is 4.74 Å². The average molecular weight is 239 g/mol. The molecule has 5 nitrogen and oxygen atoms in total. The summed E-state index contributed by atoms with van der Waals surface area (Å²) in [6, 6.07) is 0. The largest absolute Gasteiger partial charge is 0.390 e. The van der Waals surface area contributed by atoms with E-state index in [1.807, 2.05) is 10.9 Å². The summed E-state index contributed by atoms with van der Waals surface area (Å²) in [4.78, 5) is 0. The van der Waals surface area contributed by atoms with Crippen molar-refractivity contribution in [1.29, 1.82) is 0 Å². The van der Waals surface area contributed by atoms with Gasteiger partial charge in [0.1, 0.15) is 0 Å². The van der Waals surface area contributed by atoms with E-state index in [0.717, 1.165) is 18.2 Å². The number of nitrogens with zero attached hydrogens (tertiary/aromatic N) is 3. The molecule has 1 heterocycles. The third kappa shape index (κ3) is 3.78. The first-order valence-corrected chi connectivity index (χ1v) is 6.34. The summed E-state index contributed by atoms with van der Waals surface area (Å²) in [6.07, 6.45) is 7.27. The Morgan fingerprint density at radius 2 is 2.29 bits per heavy atom. The van der Waals surface area contributed by atoms with Gasteiger partial charge in [-0.25, -0.2) is 0 Å². The first kappa shape index (κ1) is 12.5. The molecule has 1 N–H and O–H groups in total. The van der Waals surface area contributed by atoms with Crippen molar-refractivity contribution in [2.75, 3.05) is 13.7 Å². The van der Waals surface area contributed by atoms with Crippen LogP contribution < -0.4 is 0 Å². The topological polar surface area (TPSA) is 60.2 Å². The predicted octanol–water partition coefficient (Wildman–Crippen LogP) is 1.02. The Hall–Kier alpha value is -0.940. The number of aliphatic hydroxyl groups is 1. The van der Waals surface area contributed by atoms with E-state index in [1.54, 1.807) is 7.11 Å². The van der Waals surface area contributed by atoms with E-state index < -0.39 is 6.10 Å². The van der Waals surface area contributed by atoms with Crippen LogP contribution in [0.15, 0.2) is 6.20 Å². The lowest BCUT2D eigenvalue weighted by Crippen LogP contribution is -2.17. The molecule has 2 rings (SSSR count). The summed E-state index contributed by atoms with van der Waals surface area (Å²) in [5, 5.41) is 17.8. The minimum atomic E-state index is -0.489. The zero-order chi connectivity index (χ0) is 12.1. The van der Waals surface area contributed by atoms with E-state index in [1.165, 1.54) is 25.7 Å². The summed E-state index contributed by atoms with van der Waals surface area (Å²) >= 11 is 0. The molecule has 17 heavy (non-hydrogen) atoms. The molecule has 0 spiro atoms. The molecule has 0 saturated heterocycles. The third-order valence-electron chi connectivity index (χ3n) is 3.31. The minimum Gasteiger partial charge on any atom is -0.390 e. The molecule has 1 aromatic rings. The van der Waals surface area contributed by atoms with Crippen LogP contribution in [-0.4, -0.2) is 39.9 Å². The lowest BCUT2D eigenvalue weighted by atomic mass is 10.1. The van der Waals surface area contributed by atoms with Crippen molar-refractivity contribution in [2.45, 2.75) is 44.8 Å². The van der Waals surface area contributed by atoms with Crippen LogP contribution in [0.25, 0.3) is 0 Å². The van der Waals surface area contributed by atoms with Crippen molar-refractivity contribution in [3.05, 3.63) is 11.9 Å². The molecule has 96 valence electrons. The second-order valence-electron chi connectivity index (χ2n) is 4.90. The fourth-order valence-electron chi connectivity index (χ4n) is 2.47. The predicted molar refractivity (Wildman–Crippen MR) is 63.6 cm³/mol. The lowest BCUT2D eigenvalue weighted by Gasteiger charge is -2.07. The van der Waals surface area contributed by atoms with Crippen LogP contribution in [-0.2, 0) is 17.7 Å². The standard InChI is InChI=1S/C12H21N3O2/c1-17-9-12(16)6-11-8-15(14-13-11)7-10-4-2-3-5-10/h8,10,12,16H,2-7,9H2,1H3/t12-/m0/s1. The quantitative estimate of drug-likeness (QED) is 0.805. The molecule has 1 aliphatic rings. The number of aliphatic hydroxyl groups excluding tert-OH is 1. The first-order valence-electron chi connectivity index (χ1n) is 6.34. The molecule has 1 fully saturated rings. The summed E-state index contributed by atoms with van der Waals surface area (Å²) in [6.45, 7) is 1.31. The fraction of sp³-hybridized carbons (Fsp3) is 0.833. The molecule has 0 aromatic carbocycles. The zero-order valence-corrected chi connectivity index (χ0v) is 10.4. The van der Waals surface area contributed by atoms with E-state index in [2.05, 4.69) is 10.3 Å². The van der Waals surface area contributed by atoms with E-state index in [0.29, 0.717) is 13.0 Å². The number of hydrogen-bond acceptors (Lipinski definition) is 4. The highest BCUT2D eigenvalue weighted by Gasteiger charge is 2.16. The average Bonchev–Trinajstić information content (AvgIpc) is 2.91. The van der Waals surface area contributed by atoms with Crippen molar-refractivity contribution >= 4 is 0 Å². The highest BCUT2D eigenvalue weighted by molar-refractivity contribution is 4.94. The van der Waals surface area contributed by atoms with Crippen LogP contribution in [0, 0.1) is 5.92 Å². The summed E-state index contributed by atoms with van der Waals surface area (Å²) in [5.41, 5.74) is 0.840. The summed E-state index contributed by atoms with van der Waals surface area (Å²) in [5.74, 6) is 0.758. The maximum Gasteiger partial charge on any atom is 0.0853 e.